The molecule has 1 aromatic heterocycles. The van der Waals surface area contributed by atoms with Crippen molar-refractivity contribution in [3.05, 3.63) is 52.8 Å². The predicted octanol–water partition coefficient (Wildman–Crippen LogP) is 2.60. The van der Waals surface area contributed by atoms with Gasteiger partial charge in [-0.3, -0.25) is 9.35 Å². The number of pyridine rings is 1. The summed E-state index contributed by atoms with van der Waals surface area (Å²) in [7, 11) is -4.50. The van der Waals surface area contributed by atoms with Gasteiger partial charge in [-0.2, -0.15) is 8.42 Å². The van der Waals surface area contributed by atoms with Gasteiger partial charge in [-0.05, 0) is 30.3 Å². The van der Waals surface area contributed by atoms with E-state index in [-0.39, 0.29) is 5.69 Å². The summed E-state index contributed by atoms with van der Waals surface area (Å²) in [5.74, 6) is -0.832. The number of aromatic hydroxyl groups is 2. The maximum absolute atomic E-state index is 12.0. The smallest absolute Gasteiger partial charge is 0.294 e. The zero-order chi connectivity index (χ0) is 18.2. The summed E-state index contributed by atoms with van der Waals surface area (Å²) in [6.45, 7) is 0. The minimum atomic E-state index is -4.50. The maximum Gasteiger partial charge on any atom is 0.294 e. The number of rotatable bonds is 3. The third-order valence-corrected chi connectivity index (χ3v) is 4.22. The van der Waals surface area contributed by atoms with E-state index in [4.69, 9.17) is 4.55 Å². The Kier molecular flexibility index (Phi) is 3.99. The highest BCUT2D eigenvalue weighted by atomic mass is 32.2. The van der Waals surface area contributed by atoms with Crippen LogP contribution in [0.2, 0.25) is 0 Å². The highest BCUT2D eigenvalue weighted by Crippen LogP contribution is 2.34. The number of aromatic nitrogens is 1. The number of nitrogens with zero attached hydrogens (tertiary/aromatic N) is 2. The van der Waals surface area contributed by atoms with Gasteiger partial charge in [0, 0.05) is 5.39 Å². The van der Waals surface area contributed by atoms with Gasteiger partial charge in [0.1, 0.15) is 11.4 Å². The van der Waals surface area contributed by atoms with E-state index in [1.165, 1.54) is 0 Å². The minimum Gasteiger partial charge on any atom is -0.506 e. The second-order valence-electron chi connectivity index (χ2n) is 5.02. The molecule has 128 valence electrons. The van der Waals surface area contributed by atoms with Crippen molar-refractivity contribution in [3.63, 3.8) is 0 Å². The lowest BCUT2D eigenvalue weighted by Crippen LogP contribution is -2.04. The minimum absolute atomic E-state index is 0.304. The van der Waals surface area contributed by atoms with Gasteiger partial charge in [0.05, 0.1) is 10.4 Å². The van der Waals surface area contributed by atoms with E-state index in [0.29, 0.717) is 10.9 Å². The summed E-state index contributed by atoms with van der Waals surface area (Å²) in [5.41, 5.74) is -1.03. The first-order valence-corrected chi connectivity index (χ1v) is 8.27. The van der Waals surface area contributed by atoms with Crippen LogP contribution >= 0.6 is 0 Å². The van der Waals surface area contributed by atoms with Crippen molar-refractivity contribution in [2.45, 2.75) is 4.90 Å². The van der Waals surface area contributed by atoms with Crippen molar-refractivity contribution >= 4 is 32.4 Å². The lowest BCUT2D eigenvalue weighted by Gasteiger charge is -2.03. The lowest BCUT2D eigenvalue weighted by atomic mass is 10.2. The Bertz CT molecular complexity index is 1170. The number of fused-ring (bicyclic) bond motifs is 1. The molecular formula is C15H11N3O6S. The van der Waals surface area contributed by atoms with Crippen LogP contribution in [-0.2, 0) is 10.1 Å². The molecule has 0 atom stereocenters. The fourth-order valence-electron chi connectivity index (χ4n) is 2.16. The molecule has 0 radical (unpaired) electrons. The Morgan fingerprint density at radius 2 is 1.72 bits per heavy atom. The van der Waals surface area contributed by atoms with E-state index >= 15 is 0 Å². The normalized spacial score (nSPS) is 12.0. The van der Waals surface area contributed by atoms with Gasteiger partial charge in [-0.1, -0.05) is 12.1 Å². The Balaban J connectivity index is 2.12. The largest absolute Gasteiger partial charge is 0.506 e. The third kappa shape index (κ3) is 3.20. The number of azo groups is 1. The van der Waals surface area contributed by atoms with Gasteiger partial charge in [-0.25, -0.2) is 0 Å². The van der Waals surface area contributed by atoms with Crippen LogP contribution in [0.4, 0.5) is 11.4 Å². The van der Waals surface area contributed by atoms with E-state index in [2.05, 4.69) is 15.2 Å². The molecule has 0 amide bonds. The summed E-state index contributed by atoms with van der Waals surface area (Å²) in [5, 5.41) is 27.4. The summed E-state index contributed by atoms with van der Waals surface area (Å²) in [4.78, 5) is 14.0. The standard InChI is InChI=1S/C15H11N3O6S/c19-12-6-5-8(25(22,23)24)7-11(12)17-18-13-14(20)9-3-1-2-4-10(9)16-15(13)21/h1-7,19H,(H2,16,20,21)(H,22,23,24). The molecule has 4 N–H and O–H groups in total. The number of para-hydroxylation sites is 1. The van der Waals surface area contributed by atoms with E-state index in [1.54, 1.807) is 24.3 Å². The SMILES string of the molecule is O=c1[nH]c2ccccc2c(O)c1N=Nc1cc(S(=O)(=O)O)ccc1O. The molecule has 0 aliphatic rings. The van der Waals surface area contributed by atoms with Crippen molar-refractivity contribution in [1.82, 2.24) is 4.98 Å². The highest BCUT2D eigenvalue weighted by Gasteiger charge is 2.14. The first-order valence-electron chi connectivity index (χ1n) is 6.83. The topological polar surface area (TPSA) is 152 Å². The van der Waals surface area contributed by atoms with Gasteiger partial charge in [-0.15, -0.1) is 10.2 Å². The second kappa shape index (κ2) is 6.00. The Morgan fingerprint density at radius 3 is 2.44 bits per heavy atom. The molecule has 10 heteroatoms. The first-order chi connectivity index (χ1) is 11.8. The van der Waals surface area contributed by atoms with Crippen molar-refractivity contribution in [3.8, 4) is 11.5 Å². The Hall–Kier alpha value is -3.24. The fraction of sp³-hybridized carbons (Fsp3) is 0. The van der Waals surface area contributed by atoms with Crippen molar-refractivity contribution in [2.75, 3.05) is 0 Å². The molecular weight excluding hydrogens is 350 g/mol. The molecule has 25 heavy (non-hydrogen) atoms. The summed E-state index contributed by atoms with van der Waals surface area (Å²) >= 11 is 0. The van der Waals surface area contributed by atoms with Crippen molar-refractivity contribution < 1.29 is 23.2 Å². The van der Waals surface area contributed by atoms with Gasteiger partial charge in [0.15, 0.2) is 11.4 Å². The van der Waals surface area contributed by atoms with Crippen molar-refractivity contribution in [1.29, 1.82) is 0 Å². The summed E-state index contributed by atoms with van der Waals surface area (Å²) in [6.07, 6.45) is 0. The summed E-state index contributed by atoms with van der Waals surface area (Å²) < 4.78 is 31.3. The molecule has 0 saturated carbocycles. The molecule has 0 fully saturated rings. The molecule has 0 unspecified atom stereocenters. The number of benzene rings is 2. The Labute approximate surface area is 140 Å². The Morgan fingerprint density at radius 1 is 1.00 bits per heavy atom. The van der Waals surface area contributed by atoms with Crippen LogP contribution in [0.1, 0.15) is 0 Å². The number of hydrogen-bond donors (Lipinski definition) is 4. The molecule has 9 nitrogen and oxygen atoms in total. The molecule has 3 rings (SSSR count). The molecule has 0 spiro atoms. The number of H-pyrrole nitrogens is 1. The van der Waals surface area contributed by atoms with Gasteiger partial charge in [0.25, 0.3) is 15.7 Å². The molecule has 0 saturated heterocycles. The van der Waals surface area contributed by atoms with Crippen LogP contribution in [0.25, 0.3) is 10.9 Å². The molecule has 3 aromatic rings. The number of nitrogens with one attached hydrogen (secondary N) is 1. The predicted molar refractivity (Wildman–Crippen MR) is 88.3 cm³/mol. The monoisotopic (exact) mass is 361 g/mol. The number of aromatic amines is 1. The number of phenolic OH excluding ortho intramolecular Hbond substituents is 1. The van der Waals surface area contributed by atoms with E-state index in [9.17, 15) is 23.4 Å². The van der Waals surface area contributed by atoms with Crippen LogP contribution in [0.3, 0.4) is 0 Å². The average molecular weight is 361 g/mol. The third-order valence-electron chi connectivity index (χ3n) is 3.37. The second-order valence-corrected chi connectivity index (χ2v) is 6.44. The number of phenols is 1. The van der Waals surface area contributed by atoms with Gasteiger partial charge in [0.2, 0.25) is 0 Å². The fourth-order valence-corrected chi connectivity index (χ4v) is 2.66. The van der Waals surface area contributed by atoms with Gasteiger partial charge >= 0.3 is 0 Å². The zero-order valence-corrected chi connectivity index (χ0v) is 13.2. The highest BCUT2D eigenvalue weighted by molar-refractivity contribution is 7.85. The lowest BCUT2D eigenvalue weighted by molar-refractivity contribution is 0.472. The van der Waals surface area contributed by atoms with Crippen LogP contribution in [-0.4, -0.2) is 28.2 Å². The molecule has 0 aliphatic heterocycles. The van der Waals surface area contributed by atoms with E-state index in [0.717, 1.165) is 18.2 Å². The summed E-state index contributed by atoms with van der Waals surface area (Å²) in [6, 6.07) is 9.35. The van der Waals surface area contributed by atoms with E-state index < -0.39 is 37.8 Å². The van der Waals surface area contributed by atoms with Crippen molar-refractivity contribution in [2.24, 2.45) is 10.2 Å². The maximum atomic E-state index is 12.0. The van der Waals surface area contributed by atoms with Crippen LogP contribution < -0.4 is 5.56 Å². The molecule has 2 aromatic carbocycles. The molecule has 0 bridgehead atoms. The van der Waals surface area contributed by atoms with Crippen LogP contribution in [0, 0.1) is 0 Å². The average Bonchev–Trinajstić information content (AvgIpc) is 2.55. The molecule has 0 aliphatic carbocycles. The van der Waals surface area contributed by atoms with Crippen LogP contribution in [0.15, 0.2) is 62.4 Å². The molecule has 1 heterocycles. The quantitative estimate of drug-likeness (QED) is 0.415. The van der Waals surface area contributed by atoms with Crippen LogP contribution in [0.5, 0.6) is 11.5 Å². The van der Waals surface area contributed by atoms with Gasteiger partial charge < -0.3 is 15.2 Å². The first kappa shape index (κ1) is 16.6. The zero-order valence-electron chi connectivity index (χ0n) is 12.4. The number of hydrogen-bond acceptors (Lipinski definition) is 7. The van der Waals surface area contributed by atoms with E-state index in [1.807, 2.05) is 0 Å².